The lowest BCUT2D eigenvalue weighted by atomic mass is 9.96. The maximum absolute atomic E-state index is 13.5. The second-order valence-corrected chi connectivity index (χ2v) is 8.29. The van der Waals surface area contributed by atoms with Crippen molar-refractivity contribution in [2.24, 2.45) is 5.92 Å². The molecule has 1 aromatic heterocycles. The Bertz CT molecular complexity index is 942. The van der Waals surface area contributed by atoms with E-state index in [1.807, 2.05) is 12.1 Å². The van der Waals surface area contributed by atoms with Crippen LogP contribution in [0.15, 0.2) is 53.0 Å². The third-order valence-corrected chi connectivity index (χ3v) is 5.90. The van der Waals surface area contributed by atoms with Crippen LogP contribution in [0.1, 0.15) is 24.2 Å². The van der Waals surface area contributed by atoms with Crippen molar-refractivity contribution in [2.45, 2.75) is 32.1 Å². The van der Waals surface area contributed by atoms with Gasteiger partial charge in [0.25, 0.3) is 0 Å². The second kappa shape index (κ2) is 7.87. The van der Waals surface area contributed by atoms with E-state index in [2.05, 4.69) is 37.9 Å². The van der Waals surface area contributed by atoms with Crippen LogP contribution in [-0.4, -0.2) is 27.5 Å². The van der Waals surface area contributed by atoms with E-state index in [-0.39, 0.29) is 5.92 Å². The van der Waals surface area contributed by atoms with Crippen molar-refractivity contribution in [2.75, 3.05) is 13.1 Å². The van der Waals surface area contributed by atoms with E-state index in [1.165, 1.54) is 10.1 Å². The minimum atomic E-state index is -4.44. The number of para-hydroxylation sites is 2. The molecule has 148 valence electrons. The molecule has 3 nitrogen and oxygen atoms in total. The number of rotatable bonds is 4. The molecule has 2 aromatic carbocycles. The van der Waals surface area contributed by atoms with Crippen LogP contribution in [-0.2, 0) is 19.3 Å². The SMILES string of the molecule is FC(F)(F)c1nc2ccccc2n1CC1CCN(Cc2ccc(Br)cc2)CC1. The highest BCUT2D eigenvalue weighted by molar-refractivity contribution is 9.10. The number of piperidine rings is 1. The standard InChI is InChI=1S/C21H21BrF3N3/c22-17-7-5-15(6-8-17)13-27-11-9-16(10-12-27)14-28-19-4-2-1-3-18(19)26-20(28)21(23,24)25/h1-8,16H,9-14H2. The third kappa shape index (κ3) is 4.25. The summed E-state index contributed by atoms with van der Waals surface area (Å²) < 4.78 is 42.9. The van der Waals surface area contributed by atoms with Gasteiger partial charge in [-0.2, -0.15) is 13.2 Å². The normalized spacial score (nSPS) is 16.7. The molecule has 2 heterocycles. The summed E-state index contributed by atoms with van der Waals surface area (Å²) in [5.41, 5.74) is 2.22. The smallest absolute Gasteiger partial charge is 0.320 e. The van der Waals surface area contributed by atoms with Gasteiger partial charge in [0.15, 0.2) is 0 Å². The van der Waals surface area contributed by atoms with E-state index in [1.54, 1.807) is 24.3 Å². The van der Waals surface area contributed by atoms with Gasteiger partial charge in [-0.3, -0.25) is 4.90 Å². The molecule has 0 spiro atoms. The minimum Gasteiger partial charge on any atom is -0.320 e. The zero-order valence-electron chi connectivity index (χ0n) is 15.3. The number of benzene rings is 2. The molecule has 1 aliphatic heterocycles. The maximum Gasteiger partial charge on any atom is 0.449 e. The molecule has 28 heavy (non-hydrogen) atoms. The van der Waals surface area contributed by atoms with E-state index in [0.717, 1.165) is 36.9 Å². The number of alkyl halides is 3. The van der Waals surface area contributed by atoms with Crippen LogP contribution >= 0.6 is 15.9 Å². The molecule has 0 N–H and O–H groups in total. The Balaban J connectivity index is 1.44. The van der Waals surface area contributed by atoms with E-state index >= 15 is 0 Å². The fourth-order valence-electron chi connectivity index (χ4n) is 3.91. The zero-order chi connectivity index (χ0) is 19.7. The topological polar surface area (TPSA) is 21.1 Å². The van der Waals surface area contributed by atoms with Crippen molar-refractivity contribution >= 4 is 27.0 Å². The van der Waals surface area contributed by atoms with Crippen LogP contribution in [0.25, 0.3) is 11.0 Å². The number of fused-ring (bicyclic) bond motifs is 1. The van der Waals surface area contributed by atoms with Gasteiger partial charge in [-0.25, -0.2) is 4.98 Å². The molecule has 0 amide bonds. The molecule has 1 fully saturated rings. The van der Waals surface area contributed by atoms with Crippen molar-refractivity contribution in [3.8, 4) is 0 Å². The molecular weight excluding hydrogens is 431 g/mol. The molecule has 4 rings (SSSR count). The van der Waals surface area contributed by atoms with Crippen LogP contribution < -0.4 is 0 Å². The summed E-state index contributed by atoms with van der Waals surface area (Å²) in [5, 5.41) is 0. The first-order valence-corrected chi connectivity index (χ1v) is 10.2. The van der Waals surface area contributed by atoms with Gasteiger partial charge in [0.05, 0.1) is 11.0 Å². The van der Waals surface area contributed by atoms with Gasteiger partial charge in [-0.1, -0.05) is 40.2 Å². The van der Waals surface area contributed by atoms with Gasteiger partial charge >= 0.3 is 6.18 Å². The first kappa shape index (κ1) is 19.5. The Morgan fingerprint density at radius 1 is 1.00 bits per heavy atom. The van der Waals surface area contributed by atoms with Crippen molar-refractivity contribution in [1.29, 1.82) is 0 Å². The Morgan fingerprint density at radius 2 is 1.68 bits per heavy atom. The predicted molar refractivity (Wildman–Crippen MR) is 107 cm³/mol. The molecule has 0 radical (unpaired) electrons. The molecule has 0 aliphatic carbocycles. The monoisotopic (exact) mass is 451 g/mol. The van der Waals surface area contributed by atoms with Crippen molar-refractivity contribution < 1.29 is 13.2 Å². The van der Waals surface area contributed by atoms with Gasteiger partial charge in [-0.05, 0) is 61.7 Å². The summed E-state index contributed by atoms with van der Waals surface area (Å²) in [6, 6.07) is 15.1. The van der Waals surface area contributed by atoms with Crippen LogP contribution in [0.4, 0.5) is 13.2 Å². The lowest BCUT2D eigenvalue weighted by Gasteiger charge is -2.32. The molecule has 3 aromatic rings. The summed E-state index contributed by atoms with van der Waals surface area (Å²) in [6.07, 6.45) is -2.66. The zero-order valence-corrected chi connectivity index (χ0v) is 16.9. The summed E-state index contributed by atoms with van der Waals surface area (Å²) >= 11 is 3.44. The highest BCUT2D eigenvalue weighted by atomic mass is 79.9. The number of hydrogen-bond donors (Lipinski definition) is 0. The van der Waals surface area contributed by atoms with Gasteiger partial charge in [0, 0.05) is 17.6 Å². The molecular formula is C21H21BrF3N3. The Kier molecular flexibility index (Phi) is 5.47. The van der Waals surface area contributed by atoms with E-state index in [0.29, 0.717) is 17.6 Å². The van der Waals surface area contributed by atoms with Gasteiger partial charge < -0.3 is 4.57 Å². The first-order chi connectivity index (χ1) is 13.4. The third-order valence-electron chi connectivity index (χ3n) is 5.38. The molecule has 1 saturated heterocycles. The molecule has 0 bridgehead atoms. The maximum atomic E-state index is 13.5. The molecule has 7 heteroatoms. The van der Waals surface area contributed by atoms with Crippen molar-refractivity contribution in [3.05, 3.63) is 64.4 Å². The van der Waals surface area contributed by atoms with Crippen molar-refractivity contribution in [3.63, 3.8) is 0 Å². The summed E-state index contributed by atoms with van der Waals surface area (Å²) in [4.78, 5) is 6.22. The Hall–Kier alpha value is -1.86. The van der Waals surface area contributed by atoms with Gasteiger partial charge in [-0.15, -0.1) is 0 Å². The van der Waals surface area contributed by atoms with Crippen molar-refractivity contribution in [1.82, 2.24) is 14.5 Å². The molecule has 0 unspecified atom stereocenters. The molecule has 0 saturated carbocycles. The number of halogens is 4. The lowest BCUT2D eigenvalue weighted by molar-refractivity contribution is -0.147. The second-order valence-electron chi connectivity index (χ2n) is 7.38. The summed E-state index contributed by atoms with van der Waals surface area (Å²) in [5.74, 6) is -0.564. The lowest BCUT2D eigenvalue weighted by Crippen LogP contribution is -2.35. The van der Waals surface area contributed by atoms with Crippen LogP contribution in [0.5, 0.6) is 0 Å². The average Bonchev–Trinajstić information content (AvgIpc) is 3.04. The number of hydrogen-bond acceptors (Lipinski definition) is 2. The summed E-state index contributed by atoms with van der Waals surface area (Å²) in [7, 11) is 0. The Labute approximate surface area is 170 Å². The first-order valence-electron chi connectivity index (χ1n) is 9.39. The fourth-order valence-corrected chi connectivity index (χ4v) is 4.17. The van der Waals surface area contributed by atoms with Gasteiger partial charge in [0.1, 0.15) is 0 Å². The number of likely N-dealkylation sites (tertiary alicyclic amines) is 1. The largest absolute Gasteiger partial charge is 0.449 e. The Morgan fingerprint density at radius 3 is 2.36 bits per heavy atom. The number of imidazole rings is 1. The van der Waals surface area contributed by atoms with Crippen LogP contribution in [0.3, 0.4) is 0 Å². The molecule has 0 atom stereocenters. The quantitative estimate of drug-likeness (QED) is 0.504. The fraction of sp³-hybridized carbons (Fsp3) is 0.381. The minimum absolute atomic E-state index is 0.222. The highest BCUT2D eigenvalue weighted by Gasteiger charge is 2.38. The van der Waals surface area contributed by atoms with E-state index in [4.69, 9.17) is 0 Å². The predicted octanol–water partition coefficient (Wildman–Crippen LogP) is 5.73. The van der Waals surface area contributed by atoms with E-state index < -0.39 is 12.0 Å². The summed E-state index contributed by atoms with van der Waals surface area (Å²) in [6.45, 7) is 3.03. The molecule has 1 aliphatic rings. The number of aromatic nitrogens is 2. The van der Waals surface area contributed by atoms with Gasteiger partial charge in [0.2, 0.25) is 5.82 Å². The average molecular weight is 452 g/mol. The highest BCUT2D eigenvalue weighted by Crippen LogP contribution is 2.33. The van der Waals surface area contributed by atoms with Crippen LogP contribution in [0, 0.1) is 5.92 Å². The van der Waals surface area contributed by atoms with Crippen LogP contribution in [0.2, 0.25) is 0 Å². The van der Waals surface area contributed by atoms with E-state index in [9.17, 15) is 13.2 Å². The number of nitrogens with zero attached hydrogens (tertiary/aromatic N) is 3.